The van der Waals surface area contributed by atoms with Crippen molar-refractivity contribution in [1.29, 1.82) is 0 Å². The fourth-order valence-electron chi connectivity index (χ4n) is 5.13. The highest BCUT2D eigenvalue weighted by molar-refractivity contribution is 6.30. The molecule has 1 fully saturated rings. The smallest absolute Gasteiger partial charge is 0.333 e. The van der Waals surface area contributed by atoms with E-state index in [1.807, 2.05) is 55.7 Å². The van der Waals surface area contributed by atoms with Crippen LogP contribution in [0.25, 0.3) is 16.7 Å². The molecule has 0 unspecified atom stereocenters. The van der Waals surface area contributed by atoms with E-state index in [0.717, 1.165) is 53.7 Å². The van der Waals surface area contributed by atoms with E-state index in [1.54, 1.807) is 23.0 Å². The zero-order chi connectivity index (χ0) is 25.4. The number of hydrogen-bond acceptors (Lipinski definition) is 4. The number of hydrogen-bond donors (Lipinski definition) is 1. The van der Waals surface area contributed by atoms with Gasteiger partial charge in [-0.05, 0) is 82.2 Å². The van der Waals surface area contributed by atoms with Crippen molar-refractivity contribution < 1.29 is 4.79 Å². The first-order valence-electron chi connectivity index (χ1n) is 12.4. The first-order valence-corrected chi connectivity index (χ1v) is 12.8. The molecular formula is C28H30ClN5O2. The van der Waals surface area contributed by atoms with E-state index < -0.39 is 0 Å². The second-order valence-electron chi connectivity index (χ2n) is 9.79. The lowest BCUT2D eigenvalue weighted by atomic mass is 9.85. The van der Waals surface area contributed by atoms with Crippen LogP contribution in [0.5, 0.6) is 0 Å². The molecule has 1 aliphatic rings. The van der Waals surface area contributed by atoms with Gasteiger partial charge in [0.25, 0.3) is 5.91 Å². The Balaban J connectivity index is 1.32. The van der Waals surface area contributed by atoms with Gasteiger partial charge in [0.2, 0.25) is 0 Å². The number of carbonyl (C=O) groups is 1. The minimum absolute atomic E-state index is 0.0411. The Morgan fingerprint density at radius 1 is 1.00 bits per heavy atom. The Hall–Kier alpha value is -3.45. The first kappa shape index (κ1) is 24.3. The Morgan fingerprint density at radius 3 is 2.42 bits per heavy atom. The molecule has 7 nitrogen and oxygen atoms in total. The maximum Gasteiger partial charge on any atom is 0.333 e. The van der Waals surface area contributed by atoms with Gasteiger partial charge in [-0.25, -0.2) is 4.79 Å². The van der Waals surface area contributed by atoms with Crippen molar-refractivity contribution in [2.45, 2.75) is 59.0 Å². The zero-order valence-electron chi connectivity index (χ0n) is 20.8. The summed E-state index contributed by atoms with van der Waals surface area (Å²) < 4.78 is 3.66. The molecule has 8 heteroatoms. The van der Waals surface area contributed by atoms with E-state index >= 15 is 0 Å². The Labute approximate surface area is 215 Å². The number of fused-ring (bicyclic) bond motifs is 1. The molecule has 3 aromatic heterocycles. The number of aromatic nitrogens is 4. The van der Waals surface area contributed by atoms with Crippen LogP contribution in [0.15, 0.2) is 53.6 Å². The van der Waals surface area contributed by atoms with Crippen LogP contribution in [0.4, 0.5) is 0 Å². The summed E-state index contributed by atoms with van der Waals surface area (Å²) in [6.07, 6.45) is 6.94. The van der Waals surface area contributed by atoms with Gasteiger partial charge in [-0.1, -0.05) is 23.7 Å². The van der Waals surface area contributed by atoms with Crippen LogP contribution < -0.4 is 11.0 Å². The summed E-state index contributed by atoms with van der Waals surface area (Å²) in [7, 11) is 0. The van der Waals surface area contributed by atoms with Gasteiger partial charge in [0.05, 0.1) is 39.2 Å². The van der Waals surface area contributed by atoms with Crippen molar-refractivity contribution in [3.8, 4) is 5.69 Å². The average Bonchev–Trinajstić information content (AvgIpc) is 3.14. The van der Waals surface area contributed by atoms with Crippen molar-refractivity contribution in [2.75, 3.05) is 0 Å². The lowest BCUT2D eigenvalue weighted by Gasteiger charge is -2.29. The fourth-order valence-corrected chi connectivity index (χ4v) is 5.29. The minimum Gasteiger partial charge on any atom is -0.349 e. The van der Waals surface area contributed by atoms with Gasteiger partial charge in [0, 0.05) is 24.5 Å². The van der Waals surface area contributed by atoms with Gasteiger partial charge in [-0.3, -0.25) is 23.9 Å². The van der Waals surface area contributed by atoms with E-state index in [9.17, 15) is 9.59 Å². The normalized spacial score (nSPS) is 17.9. The van der Waals surface area contributed by atoms with Crippen LogP contribution in [0.3, 0.4) is 0 Å². The summed E-state index contributed by atoms with van der Waals surface area (Å²) in [5.41, 5.74) is 5.77. The molecule has 0 radical (unpaired) electrons. The highest BCUT2D eigenvalue weighted by Gasteiger charge is 2.25. The molecule has 1 aliphatic carbocycles. The number of nitrogens with zero attached hydrogens (tertiary/aromatic N) is 4. The van der Waals surface area contributed by atoms with Crippen molar-refractivity contribution in [3.63, 3.8) is 0 Å². The molecule has 4 aromatic rings. The van der Waals surface area contributed by atoms with E-state index in [4.69, 9.17) is 11.6 Å². The molecule has 1 saturated carbocycles. The molecule has 0 aliphatic heterocycles. The first-order chi connectivity index (χ1) is 17.3. The van der Waals surface area contributed by atoms with Crippen LogP contribution in [0.2, 0.25) is 5.02 Å². The Morgan fingerprint density at radius 2 is 1.69 bits per heavy atom. The maximum absolute atomic E-state index is 13.6. The minimum atomic E-state index is -0.132. The van der Waals surface area contributed by atoms with E-state index in [1.165, 1.54) is 0 Å². The third-order valence-electron chi connectivity index (χ3n) is 7.34. The monoisotopic (exact) mass is 503 g/mol. The van der Waals surface area contributed by atoms with Crippen molar-refractivity contribution in [3.05, 3.63) is 86.8 Å². The largest absolute Gasteiger partial charge is 0.349 e. The molecule has 0 atom stereocenters. The number of imidazole rings is 1. The summed E-state index contributed by atoms with van der Waals surface area (Å²) in [5.74, 6) is 0.231. The Bertz CT molecular complexity index is 1500. The second-order valence-corrected chi connectivity index (χ2v) is 10.2. The molecule has 5 rings (SSSR count). The predicted octanol–water partition coefficient (Wildman–Crippen LogP) is 5.15. The molecule has 1 aromatic carbocycles. The number of rotatable bonds is 5. The molecule has 1 amide bonds. The molecule has 36 heavy (non-hydrogen) atoms. The number of nitrogens with one attached hydrogen (secondary N) is 1. The summed E-state index contributed by atoms with van der Waals surface area (Å²) >= 11 is 6.03. The van der Waals surface area contributed by atoms with E-state index in [-0.39, 0.29) is 17.6 Å². The summed E-state index contributed by atoms with van der Waals surface area (Å²) in [5, 5.41) is 3.60. The lowest BCUT2D eigenvalue weighted by molar-refractivity contribution is 0.0919. The van der Waals surface area contributed by atoms with E-state index in [0.29, 0.717) is 28.7 Å². The van der Waals surface area contributed by atoms with Gasteiger partial charge in [-0.15, -0.1) is 0 Å². The topological polar surface area (TPSA) is 81.8 Å². The third kappa shape index (κ3) is 4.67. The van der Waals surface area contributed by atoms with Crippen LogP contribution >= 0.6 is 11.6 Å². The number of halogens is 1. The number of benzene rings is 1. The number of pyridine rings is 2. The van der Waals surface area contributed by atoms with Gasteiger partial charge in [0.15, 0.2) is 0 Å². The predicted molar refractivity (Wildman–Crippen MR) is 142 cm³/mol. The highest BCUT2D eigenvalue weighted by Crippen LogP contribution is 2.28. The molecule has 0 spiro atoms. The van der Waals surface area contributed by atoms with Gasteiger partial charge >= 0.3 is 5.69 Å². The van der Waals surface area contributed by atoms with E-state index in [2.05, 4.69) is 15.3 Å². The SMILES string of the molecule is Cc1cc(-n2c(=O)n(C[C@H]3CC[C@H](NC(=O)c4cc(Cl)cnc4C)CC3)c3ccccc32)cnc1C. The third-order valence-corrected chi connectivity index (χ3v) is 7.55. The summed E-state index contributed by atoms with van der Waals surface area (Å²) in [6, 6.07) is 11.7. The second kappa shape index (κ2) is 9.90. The maximum atomic E-state index is 13.6. The summed E-state index contributed by atoms with van der Waals surface area (Å²) in [4.78, 5) is 35.0. The molecule has 3 heterocycles. The van der Waals surface area contributed by atoms with Crippen molar-refractivity contribution >= 4 is 28.5 Å². The molecule has 0 saturated heterocycles. The number of carbonyl (C=O) groups excluding carboxylic acids is 1. The number of para-hydroxylation sites is 2. The number of aryl methyl sites for hydroxylation is 3. The van der Waals surface area contributed by atoms with Crippen molar-refractivity contribution in [1.82, 2.24) is 24.4 Å². The molecule has 1 N–H and O–H groups in total. The van der Waals surface area contributed by atoms with Crippen LogP contribution in [-0.4, -0.2) is 31.1 Å². The average molecular weight is 504 g/mol. The van der Waals surface area contributed by atoms with Crippen molar-refractivity contribution in [2.24, 2.45) is 5.92 Å². The fraction of sp³-hybridized carbons (Fsp3) is 0.357. The van der Waals surface area contributed by atoms with Gasteiger partial charge in [0.1, 0.15) is 0 Å². The van der Waals surface area contributed by atoms with Gasteiger partial charge in [-0.2, -0.15) is 0 Å². The summed E-state index contributed by atoms with van der Waals surface area (Å²) in [6.45, 7) is 6.45. The van der Waals surface area contributed by atoms with Gasteiger partial charge < -0.3 is 5.32 Å². The quantitative estimate of drug-likeness (QED) is 0.408. The van der Waals surface area contributed by atoms with Crippen LogP contribution in [0, 0.1) is 26.7 Å². The zero-order valence-corrected chi connectivity index (χ0v) is 21.5. The molecule has 186 valence electrons. The lowest BCUT2D eigenvalue weighted by Crippen LogP contribution is -2.39. The standard InChI is InChI=1S/C28H30ClN5O2/c1-17-12-23(15-31-18(17)2)34-26-7-5-4-6-25(26)33(28(34)36)16-20-8-10-22(11-9-20)32-27(35)24-13-21(29)14-30-19(24)3/h4-7,12-15,20,22H,8-11,16H2,1-3H3,(H,32,35)/t20-,22-. The number of amides is 1. The van der Waals surface area contributed by atoms with Crippen LogP contribution in [0.1, 0.15) is 53.0 Å². The Kier molecular flexibility index (Phi) is 6.67. The highest BCUT2D eigenvalue weighted by atomic mass is 35.5. The molecular weight excluding hydrogens is 474 g/mol. The molecule has 0 bridgehead atoms. The van der Waals surface area contributed by atoms with Crippen LogP contribution in [-0.2, 0) is 6.54 Å².